The predicted octanol–water partition coefficient (Wildman–Crippen LogP) is 4.41. The summed E-state index contributed by atoms with van der Waals surface area (Å²) in [6.45, 7) is 13.6. The monoisotopic (exact) mass is 312 g/mol. The van der Waals surface area contributed by atoms with E-state index in [0.29, 0.717) is 6.04 Å². The van der Waals surface area contributed by atoms with E-state index in [1.165, 1.54) is 5.56 Å². The van der Waals surface area contributed by atoms with Crippen LogP contribution in [0.1, 0.15) is 46.0 Å². The van der Waals surface area contributed by atoms with E-state index in [1.54, 1.807) is 0 Å². The summed E-state index contributed by atoms with van der Waals surface area (Å²) in [5.41, 5.74) is 1.25. The zero-order valence-corrected chi connectivity index (χ0v) is 15.1. The minimum Gasteiger partial charge on any atom is -0.365 e. The third-order valence-corrected chi connectivity index (χ3v) is 3.44. The Kier molecular flexibility index (Phi) is 5.24. The molecule has 0 fully saturated rings. The zero-order valence-electron chi connectivity index (χ0n) is 15.1. The van der Waals surface area contributed by atoms with Gasteiger partial charge in [-0.05, 0) is 47.1 Å². The number of anilines is 2. The van der Waals surface area contributed by atoms with Gasteiger partial charge in [0, 0.05) is 24.2 Å². The van der Waals surface area contributed by atoms with E-state index >= 15 is 0 Å². The molecule has 1 aromatic carbocycles. The summed E-state index contributed by atoms with van der Waals surface area (Å²) in [4.78, 5) is 11.5. The molecule has 1 aromatic heterocycles. The number of hydrogen-bond donors (Lipinski definition) is 1. The highest BCUT2D eigenvalue weighted by Crippen LogP contribution is 2.22. The molecule has 4 heteroatoms. The number of aromatic nitrogens is 2. The van der Waals surface area contributed by atoms with E-state index < -0.39 is 0 Å². The van der Waals surface area contributed by atoms with E-state index in [1.807, 2.05) is 19.1 Å². The normalized spacial score (nSPS) is 11.6. The Labute approximate surface area is 140 Å². The summed E-state index contributed by atoms with van der Waals surface area (Å²) < 4.78 is 0. The van der Waals surface area contributed by atoms with E-state index in [0.717, 1.165) is 24.0 Å². The number of hydrogen-bond acceptors (Lipinski definition) is 4. The Morgan fingerprint density at radius 3 is 2.30 bits per heavy atom. The summed E-state index contributed by atoms with van der Waals surface area (Å²) in [6, 6.07) is 12.9. The fraction of sp³-hybridized carbons (Fsp3) is 0.474. The van der Waals surface area contributed by atoms with Crippen LogP contribution in [0.15, 0.2) is 36.4 Å². The molecule has 2 aromatic rings. The van der Waals surface area contributed by atoms with Gasteiger partial charge >= 0.3 is 0 Å². The Balaban J connectivity index is 2.32. The van der Waals surface area contributed by atoms with Crippen molar-refractivity contribution in [3.63, 3.8) is 0 Å². The highest BCUT2D eigenvalue weighted by Gasteiger charge is 2.17. The molecule has 1 heterocycles. The minimum atomic E-state index is -0.0276. The third kappa shape index (κ3) is 5.23. The lowest BCUT2D eigenvalue weighted by Gasteiger charge is -2.29. The van der Waals surface area contributed by atoms with Crippen molar-refractivity contribution in [3.05, 3.63) is 47.8 Å². The molecule has 0 saturated carbocycles. The molecule has 124 valence electrons. The average molecular weight is 312 g/mol. The first-order chi connectivity index (χ1) is 10.7. The molecule has 0 spiro atoms. The Morgan fingerprint density at radius 2 is 1.74 bits per heavy atom. The number of nitrogens with one attached hydrogen (secondary N) is 1. The second-order valence-corrected chi connectivity index (χ2v) is 7.24. The van der Waals surface area contributed by atoms with Gasteiger partial charge in [0.25, 0.3) is 0 Å². The molecule has 0 radical (unpaired) electrons. The van der Waals surface area contributed by atoms with Gasteiger partial charge in [-0.1, -0.05) is 30.3 Å². The van der Waals surface area contributed by atoms with Crippen molar-refractivity contribution in [2.24, 2.45) is 0 Å². The van der Waals surface area contributed by atoms with Gasteiger partial charge in [0.2, 0.25) is 0 Å². The third-order valence-electron chi connectivity index (χ3n) is 3.44. The number of nitrogens with zero attached hydrogens (tertiary/aromatic N) is 3. The molecule has 4 nitrogen and oxygen atoms in total. The van der Waals surface area contributed by atoms with Crippen molar-refractivity contribution in [3.8, 4) is 0 Å². The van der Waals surface area contributed by atoms with Gasteiger partial charge < -0.3 is 10.2 Å². The van der Waals surface area contributed by atoms with E-state index in [4.69, 9.17) is 0 Å². The molecule has 1 N–H and O–H groups in total. The van der Waals surface area contributed by atoms with Crippen molar-refractivity contribution >= 4 is 11.6 Å². The van der Waals surface area contributed by atoms with Crippen LogP contribution in [-0.2, 0) is 6.54 Å². The van der Waals surface area contributed by atoms with Crippen molar-refractivity contribution in [1.29, 1.82) is 0 Å². The number of benzene rings is 1. The van der Waals surface area contributed by atoms with E-state index in [9.17, 15) is 0 Å². The van der Waals surface area contributed by atoms with Crippen LogP contribution in [0.3, 0.4) is 0 Å². The first kappa shape index (κ1) is 17.3. The van der Waals surface area contributed by atoms with Gasteiger partial charge in [-0.2, -0.15) is 0 Å². The Hall–Kier alpha value is -2.10. The van der Waals surface area contributed by atoms with Gasteiger partial charge in [-0.25, -0.2) is 9.97 Å². The van der Waals surface area contributed by atoms with Crippen LogP contribution in [0.4, 0.5) is 11.6 Å². The maximum Gasteiger partial charge on any atom is 0.134 e. The summed E-state index contributed by atoms with van der Waals surface area (Å²) >= 11 is 0. The SMILES string of the molecule is Cc1nc(NC(C)(C)C)cc(N(Cc2ccccc2)C(C)C)n1. The highest BCUT2D eigenvalue weighted by molar-refractivity contribution is 5.51. The molecule has 0 bridgehead atoms. The van der Waals surface area contributed by atoms with Crippen molar-refractivity contribution in [2.45, 2.75) is 59.7 Å². The quantitative estimate of drug-likeness (QED) is 0.888. The lowest BCUT2D eigenvalue weighted by atomic mass is 10.1. The van der Waals surface area contributed by atoms with Crippen LogP contribution in [0.2, 0.25) is 0 Å². The maximum absolute atomic E-state index is 4.66. The van der Waals surface area contributed by atoms with Gasteiger partial charge in [-0.3, -0.25) is 0 Å². The van der Waals surface area contributed by atoms with Crippen LogP contribution in [-0.4, -0.2) is 21.5 Å². The second kappa shape index (κ2) is 6.99. The highest BCUT2D eigenvalue weighted by atomic mass is 15.2. The summed E-state index contributed by atoms with van der Waals surface area (Å²) in [5.74, 6) is 2.62. The summed E-state index contributed by atoms with van der Waals surface area (Å²) in [6.07, 6.45) is 0. The lowest BCUT2D eigenvalue weighted by molar-refractivity contribution is 0.627. The van der Waals surface area contributed by atoms with Crippen LogP contribution in [0.5, 0.6) is 0 Å². The Morgan fingerprint density at radius 1 is 1.09 bits per heavy atom. The summed E-state index contributed by atoms with van der Waals surface area (Å²) in [7, 11) is 0. The van der Waals surface area contributed by atoms with E-state index in [-0.39, 0.29) is 5.54 Å². The molecular formula is C19H28N4. The molecule has 23 heavy (non-hydrogen) atoms. The second-order valence-electron chi connectivity index (χ2n) is 7.24. The zero-order chi connectivity index (χ0) is 17.0. The van der Waals surface area contributed by atoms with Crippen LogP contribution >= 0.6 is 0 Å². The Bertz CT molecular complexity index is 630. The average Bonchev–Trinajstić information content (AvgIpc) is 2.43. The van der Waals surface area contributed by atoms with Crippen LogP contribution in [0, 0.1) is 6.92 Å². The molecule has 0 atom stereocenters. The van der Waals surface area contributed by atoms with Gasteiger partial charge in [-0.15, -0.1) is 0 Å². The first-order valence-corrected chi connectivity index (χ1v) is 8.19. The fourth-order valence-corrected chi connectivity index (χ4v) is 2.46. The smallest absolute Gasteiger partial charge is 0.134 e. The first-order valence-electron chi connectivity index (χ1n) is 8.19. The van der Waals surface area contributed by atoms with Crippen LogP contribution < -0.4 is 10.2 Å². The molecule has 0 aliphatic carbocycles. The largest absolute Gasteiger partial charge is 0.365 e. The molecule has 2 rings (SSSR count). The molecule has 0 amide bonds. The predicted molar refractivity (Wildman–Crippen MR) is 97.9 cm³/mol. The van der Waals surface area contributed by atoms with Crippen molar-refractivity contribution in [2.75, 3.05) is 10.2 Å². The van der Waals surface area contributed by atoms with Gasteiger partial charge in [0.1, 0.15) is 17.5 Å². The van der Waals surface area contributed by atoms with E-state index in [2.05, 4.69) is 79.1 Å². The number of aryl methyl sites for hydroxylation is 1. The number of rotatable bonds is 5. The van der Waals surface area contributed by atoms with Gasteiger partial charge in [0.05, 0.1) is 0 Å². The van der Waals surface area contributed by atoms with Crippen LogP contribution in [0.25, 0.3) is 0 Å². The molecule has 0 aliphatic heterocycles. The topological polar surface area (TPSA) is 41.1 Å². The lowest BCUT2D eigenvalue weighted by Crippen LogP contribution is -2.32. The fourth-order valence-electron chi connectivity index (χ4n) is 2.46. The molecular weight excluding hydrogens is 284 g/mol. The standard InChI is InChI=1S/C19H28N4/c1-14(2)23(13-16-10-8-7-9-11-16)18-12-17(20-15(3)21-18)22-19(4,5)6/h7-12,14H,13H2,1-6H3,(H,20,21,22). The minimum absolute atomic E-state index is 0.0276. The maximum atomic E-state index is 4.66. The molecule has 0 unspecified atom stereocenters. The molecule has 0 saturated heterocycles. The molecule has 0 aliphatic rings. The van der Waals surface area contributed by atoms with Crippen molar-refractivity contribution in [1.82, 2.24) is 9.97 Å². The van der Waals surface area contributed by atoms with Crippen molar-refractivity contribution < 1.29 is 0 Å². The summed E-state index contributed by atoms with van der Waals surface area (Å²) in [5, 5.41) is 3.44. The van der Waals surface area contributed by atoms with Gasteiger partial charge in [0.15, 0.2) is 0 Å².